The van der Waals surface area contributed by atoms with Crippen LogP contribution in [0.2, 0.25) is 5.02 Å². The van der Waals surface area contributed by atoms with Gasteiger partial charge in [0.2, 0.25) is 0 Å². The van der Waals surface area contributed by atoms with Crippen LogP contribution in [0.25, 0.3) is 0 Å². The minimum absolute atomic E-state index is 0.141. The van der Waals surface area contributed by atoms with E-state index in [2.05, 4.69) is 0 Å². The summed E-state index contributed by atoms with van der Waals surface area (Å²) in [5.41, 5.74) is 0.691. The molecule has 1 aromatic carbocycles. The number of halogens is 2. The molecule has 0 amide bonds. The third-order valence-electron chi connectivity index (χ3n) is 3.31. The van der Waals surface area contributed by atoms with Gasteiger partial charge in [0.15, 0.2) is 0 Å². The van der Waals surface area contributed by atoms with E-state index in [1.807, 2.05) is 11.8 Å². The molecule has 1 aliphatic carbocycles. The van der Waals surface area contributed by atoms with Gasteiger partial charge in [0, 0.05) is 17.4 Å². The Labute approximate surface area is 117 Å². The van der Waals surface area contributed by atoms with Crippen LogP contribution >= 0.6 is 23.4 Å². The van der Waals surface area contributed by atoms with Crippen LogP contribution in [-0.2, 0) is 6.42 Å². The lowest BCUT2D eigenvalue weighted by Crippen LogP contribution is -2.16. The zero-order valence-electron chi connectivity index (χ0n) is 10.2. The van der Waals surface area contributed by atoms with E-state index in [4.69, 9.17) is 11.6 Å². The first-order valence-electron chi connectivity index (χ1n) is 6.39. The molecule has 2 rings (SSSR count). The second-order valence-electron chi connectivity index (χ2n) is 4.81. The van der Waals surface area contributed by atoms with Gasteiger partial charge >= 0.3 is 0 Å². The predicted octanol–water partition coefficient (Wildman–Crippen LogP) is 4.06. The van der Waals surface area contributed by atoms with Gasteiger partial charge in [-0.25, -0.2) is 4.39 Å². The first-order valence-corrected chi connectivity index (χ1v) is 7.82. The maximum atomic E-state index is 13.2. The molecule has 0 heterocycles. The summed E-state index contributed by atoms with van der Waals surface area (Å²) in [6.45, 7) is 0. The highest BCUT2D eigenvalue weighted by Gasteiger charge is 2.18. The molecule has 1 fully saturated rings. The Kier molecular flexibility index (Phi) is 5.34. The molecular formula is C14H18ClFOS. The summed E-state index contributed by atoms with van der Waals surface area (Å²) in [7, 11) is 0. The molecule has 4 heteroatoms. The second-order valence-corrected chi connectivity index (χ2v) is 6.52. The van der Waals surface area contributed by atoms with E-state index in [9.17, 15) is 9.50 Å². The molecule has 0 spiro atoms. The molecular weight excluding hydrogens is 271 g/mol. The van der Waals surface area contributed by atoms with E-state index < -0.39 is 11.9 Å². The van der Waals surface area contributed by atoms with E-state index in [1.165, 1.54) is 31.7 Å². The van der Waals surface area contributed by atoms with Crippen LogP contribution < -0.4 is 0 Å². The molecule has 1 saturated carbocycles. The van der Waals surface area contributed by atoms with Crippen LogP contribution in [0.15, 0.2) is 18.2 Å². The van der Waals surface area contributed by atoms with Crippen LogP contribution in [0.4, 0.5) is 4.39 Å². The smallest absolute Gasteiger partial charge is 0.142 e. The molecule has 0 saturated heterocycles. The van der Waals surface area contributed by atoms with Crippen molar-refractivity contribution in [1.82, 2.24) is 0 Å². The van der Waals surface area contributed by atoms with Crippen molar-refractivity contribution in [3.63, 3.8) is 0 Å². The minimum Gasteiger partial charge on any atom is -0.392 e. The fraction of sp³-hybridized carbons (Fsp3) is 0.571. The van der Waals surface area contributed by atoms with Crippen LogP contribution in [-0.4, -0.2) is 22.2 Å². The van der Waals surface area contributed by atoms with E-state index in [0.717, 1.165) is 0 Å². The van der Waals surface area contributed by atoms with Gasteiger partial charge in [-0.05, 0) is 24.5 Å². The highest BCUT2D eigenvalue weighted by molar-refractivity contribution is 7.99. The summed E-state index contributed by atoms with van der Waals surface area (Å²) in [5.74, 6) is 0.294. The van der Waals surface area contributed by atoms with Gasteiger partial charge in [-0.2, -0.15) is 11.8 Å². The van der Waals surface area contributed by atoms with Crippen molar-refractivity contribution < 1.29 is 9.50 Å². The highest BCUT2D eigenvalue weighted by atomic mass is 35.5. The van der Waals surface area contributed by atoms with Crippen molar-refractivity contribution in [3.05, 3.63) is 34.6 Å². The summed E-state index contributed by atoms with van der Waals surface area (Å²) in [6, 6.07) is 4.74. The highest BCUT2D eigenvalue weighted by Crippen LogP contribution is 2.30. The van der Waals surface area contributed by atoms with Crippen molar-refractivity contribution >= 4 is 23.4 Å². The van der Waals surface area contributed by atoms with E-state index in [-0.39, 0.29) is 5.02 Å². The van der Waals surface area contributed by atoms with E-state index >= 15 is 0 Å². The van der Waals surface area contributed by atoms with Gasteiger partial charge in [0.25, 0.3) is 0 Å². The van der Waals surface area contributed by atoms with Gasteiger partial charge in [0.05, 0.1) is 11.1 Å². The van der Waals surface area contributed by atoms with Crippen LogP contribution in [0.3, 0.4) is 0 Å². The second kappa shape index (κ2) is 6.78. The van der Waals surface area contributed by atoms with Gasteiger partial charge in [-0.1, -0.05) is 36.6 Å². The van der Waals surface area contributed by atoms with Gasteiger partial charge < -0.3 is 5.11 Å². The molecule has 1 nitrogen and oxygen atoms in total. The number of thioether (sulfide) groups is 1. The zero-order chi connectivity index (χ0) is 13.0. The standard InChI is InChI=1S/C14H18ClFOS/c15-14-10(4-3-7-13(14)16)8-11(17)9-18-12-5-1-2-6-12/h3-4,7,11-12,17H,1-2,5-6,8-9H2. The molecule has 1 aromatic rings. The average Bonchev–Trinajstić information content (AvgIpc) is 2.86. The maximum Gasteiger partial charge on any atom is 0.142 e. The molecule has 0 aliphatic heterocycles. The van der Waals surface area contributed by atoms with Crippen LogP contribution in [0.1, 0.15) is 31.2 Å². The van der Waals surface area contributed by atoms with Gasteiger partial charge in [-0.3, -0.25) is 0 Å². The Balaban J connectivity index is 1.82. The molecule has 0 aromatic heterocycles. The first kappa shape index (κ1) is 14.2. The third-order valence-corrected chi connectivity index (χ3v) is 5.26. The minimum atomic E-state index is -0.449. The van der Waals surface area contributed by atoms with Gasteiger partial charge in [0.1, 0.15) is 5.82 Å². The van der Waals surface area contributed by atoms with Crippen molar-refractivity contribution in [2.24, 2.45) is 0 Å². The monoisotopic (exact) mass is 288 g/mol. The zero-order valence-corrected chi connectivity index (χ0v) is 11.8. The predicted molar refractivity (Wildman–Crippen MR) is 75.8 cm³/mol. The molecule has 1 unspecified atom stereocenters. The van der Waals surface area contributed by atoms with E-state index in [1.54, 1.807) is 12.1 Å². The van der Waals surface area contributed by atoms with E-state index in [0.29, 0.717) is 23.0 Å². The molecule has 1 atom stereocenters. The molecule has 0 bridgehead atoms. The lowest BCUT2D eigenvalue weighted by atomic mass is 10.1. The fourth-order valence-corrected chi connectivity index (χ4v) is 3.80. The number of hydrogen-bond donors (Lipinski definition) is 1. The number of hydrogen-bond acceptors (Lipinski definition) is 2. The number of rotatable bonds is 5. The Morgan fingerprint density at radius 3 is 2.83 bits per heavy atom. The maximum absolute atomic E-state index is 13.2. The fourth-order valence-electron chi connectivity index (χ4n) is 2.32. The average molecular weight is 289 g/mol. The summed E-state index contributed by atoms with van der Waals surface area (Å²) in [5, 5.41) is 10.8. The normalized spacial score (nSPS) is 18.2. The van der Waals surface area contributed by atoms with Crippen LogP contribution in [0.5, 0.6) is 0 Å². The topological polar surface area (TPSA) is 20.2 Å². The summed E-state index contributed by atoms with van der Waals surface area (Å²) < 4.78 is 13.2. The SMILES string of the molecule is OC(CSC1CCCC1)Cc1cccc(F)c1Cl. The largest absolute Gasteiger partial charge is 0.392 e. The molecule has 0 radical (unpaired) electrons. The Morgan fingerprint density at radius 2 is 2.11 bits per heavy atom. The molecule has 18 heavy (non-hydrogen) atoms. The lowest BCUT2D eigenvalue weighted by molar-refractivity contribution is 0.200. The quantitative estimate of drug-likeness (QED) is 0.882. The van der Waals surface area contributed by atoms with Crippen molar-refractivity contribution in [3.8, 4) is 0 Å². The molecule has 1 N–H and O–H groups in total. The van der Waals surface area contributed by atoms with Gasteiger partial charge in [-0.15, -0.1) is 0 Å². The summed E-state index contributed by atoms with van der Waals surface area (Å²) in [6.07, 6.45) is 5.12. The number of aliphatic hydroxyl groups is 1. The third kappa shape index (κ3) is 3.87. The van der Waals surface area contributed by atoms with Crippen molar-refractivity contribution in [1.29, 1.82) is 0 Å². The Bertz CT molecular complexity index is 393. The number of aliphatic hydroxyl groups excluding tert-OH is 1. The van der Waals surface area contributed by atoms with Crippen molar-refractivity contribution in [2.45, 2.75) is 43.5 Å². The molecule has 1 aliphatic rings. The first-order chi connectivity index (χ1) is 8.66. The summed E-state index contributed by atoms with van der Waals surface area (Å²) in [4.78, 5) is 0. The van der Waals surface area contributed by atoms with Crippen molar-refractivity contribution in [2.75, 3.05) is 5.75 Å². The summed E-state index contributed by atoms with van der Waals surface area (Å²) >= 11 is 7.71. The Morgan fingerprint density at radius 1 is 1.39 bits per heavy atom. The Hall–Kier alpha value is -0.250. The molecule has 100 valence electrons. The van der Waals surface area contributed by atoms with Crippen LogP contribution in [0, 0.1) is 5.82 Å². The lowest BCUT2D eigenvalue weighted by Gasteiger charge is -2.14. The number of benzene rings is 1.